The fourth-order valence-corrected chi connectivity index (χ4v) is 3.95. The smallest absolute Gasteiger partial charge is 0.325 e. The second-order valence-corrected chi connectivity index (χ2v) is 7.83. The van der Waals surface area contributed by atoms with Crippen LogP contribution in [0.1, 0.15) is 36.6 Å². The zero-order valence-corrected chi connectivity index (χ0v) is 16.0. The minimum atomic E-state index is -1.04. The van der Waals surface area contributed by atoms with Crippen molar-refractivity contribution in [2.24, 2.45) is 0 Å². The molecular formula is C22H23N3O3. The van der Waals surface area contributed by atoms with E-state index >= 15 is 0 Å². The highest BCUT2D eigenvalue weighted by Gasteiger charge is 2.47. The van der Waals surface area contributed by atoms with E-state index in [-0.39, 0.29) is 24.4 Å². The van der Waals surface area contributed by atoms with E-state index in [1.807, 2.05) is 53.4 Å². The van der Waals surface area contributed by atoms with E-state index < -0.39 is 11.6 Å². The molecule has 6 nitrogen and oxygen atoms in total. The van der Waals surface area contributed by atoms with Gasteiger partial charge in [0.1, 0.15) is 12.1 Å². The van der Waals surface area contributed by atoms with Crippen molar-refractivity contribution < 1.29 is 14.4 Å². The number of nitrogens with zero attached hydrogens (tertiary/aromatic N) is 2. The van der Waals surface area contributed by atoms with Crippen molar-refractivity contribution in [1.82, 2.24) is 15.1 Å². The lowest BCUT2D eigenvalue weighted by atomic mass is 9.89. The molecule has 144 valence electrons. The second-order valence-electron chi connectivity index (χ2n) is 7.83. The molecule has 4 rings (SSSR count). The Balaban J connectivity index is 1.64. The van der Waals surface area contributed by atoms with Gasteiger partial charge in [0.05, 0.1) is 6.04 Å². The van der Waals surface area contributed by atoms with E-state index in [0.717, 1.165) is 17.5 Å². The number of rotatable bonds is 3. The number of carbonyl (C=O) groups is 3. The average Bonchev–Trinajstić information content (AvgIpc) is 2.89. The first-order valence-electron chi connectivity index (χ1n) is 9.42. The highest BCUT2D eigenvalue weighted by molar-refractivity contribution is 6.07. The normalized spacial score (nSPS) is 20.7. The van der Waals surface area contributed by atoms with Crippen molar-refractivity contribution in [3.8, 4) is 0 Å². The molecule has 0 spiro atoms. The Kier molecular flexibility index (Phi) is 4.41. The number of benzene rings is 2. The van der Waals surface area contributed by atoms with Crippen LogP contribution >= 0.6 is 0 Å². The fourth-order valence-electron chi connectivity index (χ4n) is 3.95. The molecule has 0 radical (unpaired) electrons. The van der Waals surface area contributed by atoms with Crippen LogP contribution in [0.25, 0.3) is 0 Å². The molecule has 4 amide bonds. The summed E-state index contributed by atoms with van der Waals surface area (Å²) in [6, 6.07) is 17.4. The van der Waals surface area contributed by atoms with Crippen LogP contribution in [0.5, 0.6) is 0 Å². The molecule has 2 heterocycles. The maximum Gasteiger partial charge on any atom is 0.325 e. The molecular weight excluding hydrogens is 354 g/mol. The molecule has 1 N–H and O–H groups in total. The first kappa shape index (κ1) is 18.2. The second kappa shape index (κ2) is 6.78. The van der Waals surface area contributed by atoms with Crippen molar-refractivity contribution in [3.63, 3.8) is 0 Å². The van der Waals surface area contributed by atoms with Gasteiger partial charge in [-0.2, -0.15) is 0 Å². The summed E-state index contributed by atoms with van der Waals surface area (Å²) < 4.78 is 0. The Labute approximate surface area is 164 Å². The molecule has 0 aliphatic carbocycles. The summed E-state index contributed by atoms with van der Waals surface area (Å²) in [5.41, 5.74) is 2.37. The van der Waals surface area contributed by atoms with Crippen molar-refractivity contribution in [2.75, 3.05) is 6.54 Å². The molecule has 28 heavy (non-hydrogen) atoms. The molecule has 2 aliphatic heterocycles. The lowest BCUT2D eigenvalue weighted by Gasteiger charge is -2.39. The van der Waals surface area contributed by atoms with E-state index in [9.17, 15) is 14.4 Å². The Bertz CT molecular complexity index is 939. The summed E-state index contributed by atoms with van der Waals surface area (Å²) in [5, 5.41) is 2.30. The van der Waals surface area contributed by atoms with Gasteiger partial charge in [0.15, 0.2) is 0 Å². The van der Waals surface area contributed by atoms with Gasteiger partial charge in [-0.3, -0.25) is 14.9 Å². The van der Waals surface area contributed by atoms with Crippen LogP contribution in [-0.4, -0.2) is 39.7 Å². The topological polar surface area (TPSA) is 69.7 Å². The summed E-state index contributed by atoms with van der Waals surface area (Å²) in [7, 11) is 0. The number of carbonyl (C=O) groups excluding carboxylic acids is 3. The first-order valence-corrected chi connectivity index (χ1v) is 9.42. The first-order chi connectivity index (χ1) is 13.4. The summed E-state index contributed by atoms with van der Waals surface area (Å²) in [6.45, 7) is 3.66. The maximum atomic E-state index is 13.3. The van der Waals surface area contributed by atoms with Crippen molar-refractivity contribution in [2.45, 2.75) is 38.4 Å². The summed E-state index contributed by atoms with van der Waals surface area (Å²) in [4.78, 5) is 40.6. The van der Waals surface area contributed by atoms with Gasteiger partial charge in [-0.05, 0) is 37.0 Å². The molecule has 1 saturated heterocycles. The standard InChI is InChI=1S/C22H23N3O3/c1-22(2)20(27)23-21(28)25(22)14-19(26)24-13-17-11-7-6-10-16(17)12-18(24)15-8-4-3-5-9-15/h3-11,18H,12-14H2,1-2H3,(H,23,27,28). The van der Waals surface area contributed by atoms with Crippen LogP contribution in [0.3, 0.4) is 0 Å². The molecule has 0 aromatic heterocycles. The van der Waals surface area contributed by atoms with Gasteiger partial charge in [-0.1, -0.05) is 54.6 Å². The maximum absolute atomic E-state index is 13.3. The summed E-state index contributed by atoms with van der Waals surface area (Å²) in [5.74, 6) is -0.546. The molecule has 1 unspecified atom stereocenters. The molecule has 2 aromatic carbocycles. The van der Waals surface area contributed by atoms with Crippen LogP contribution in [0.4, 0.5) is 4.79 Å². The summed E-state index contributed by atoms with van der Waals surface area (Å²) in [6.07, 6.45) is 0.723. The third-order valence-corrected chi connectivity index (χ3v) is 5.74. The number of hydrogen-bond acceptors (Lipinski definition) is 3. The number of urea groups is 1. The predicted molar refractivity (Wildman–Crippen MR) is 104 cm³/mol. The van der Waals surface area contributed by atoms with E-state index in [1.165, 1.54) is 10.5 Å². The van der Waals surface area contributed by atoms with E-state index in [2.05, 4.69) is 11.4 Å². The largest absolute Gasteiger partial charge is 0.329 e. The van der Waals surface area contributed by atoms with E-state index in [1.54, 1.807) is 13.8 Å². The van der Waals surface area contributed by atoms with E-state index in [0.29, 0.717) is 6.54 Å². The van der Waals surface area contributed by atoms with Crippen molar-refractivity contribution in [3.05, 3.63) is 71.3 Å². The van der Waals surface area contributed by atoms with Gasteiger partial charge in [0, 0.05) is 6.54 Å². The molecule has 2 aliphatic rings. The zero-order chi connectivity index (χ0) is 19.9. The highest BCUT2D eigenvalue weighted by Crippen LogP contribution is 2.34. The monoisotopic (exact) mass is 377 g/mol. The van der Waals surface area contributed by atoms with Gasteiger partial charge in [0.2, 0.25) is 5.91 Å². The lowest BCUT2D eigenvalue weighted by molar-refractivity contribution is -0.137. The van der Waals surface area contributed by atoms with Gasteiger partial charge in [-0.25, -0.2) is 4.79 Å². The zero-order valence-electron chi connectivity index (χ0n) is 16.0. The van der Waals surface area contributed by atoms with Crippen LogP contribution in [0.15, 0.2) is 54.6 Å². The molecule has 1 fully saturated rings. The Morgan fingerprint density at radius 3 is 2.32 bits per heavy atom. The SMILES string of the molecule is CC1(C)C(=O)NC(=O)N1CC(=O)N1Cc2ccccc2CC1c1ccccc1. The van der Waals surface area contributed by atoms with Crippen LogP contribution in [0.2, 0.25) is 0 Å². The van der Waals surface area contributed by atoms with Crippen molar-refractivity contribution in [1.29, 1.82) is 0 Å². The van der Waals surface area contributed by atoms with Crippen LogP contribution in [0, 0.1) is 0 Å². The minimum Gasteiger partial charge on any atom is -0.329 e. The quantitative estimate of drug-likeness (QED) is 0.836. The lowest BCUT2D eigenvalue weighted by Crippen LogP contribution is -2.51. The van der Waals surface area contributed by atoms with Crippen LogP contribution in [-0.2, 0) is 22.6 Å². The predicted octanol–water partition coefficient (Wildman–Crippen LogP) is 2.64. The molecule has 2 aromatic rings. The third-order valence-electron chi connectivity index (χ3n) is 5.74. The van der Waals surface area contributed by atoms with E-state index in [4.69, 9.17) is 0 Å². The van der Waals surface area contributed by atoms with Gasteiger partial charge < -0.3 is 9.80 Å². The van der Waals surface area contributed by atoms with Crippen molar-refractivity contribution >= 4 is 17.8 Å². The molecule has 0 bridgehead atoms. The van der Waals surface area contributed by atoms with Crippen LogP contribution < -0.4 is 5.32 Å². The summed E-state index contributed by atoms with van der Waals surface area (Å²) >= 11 is 0. The van der Waals surface area contributed by atoms with Gasteiger partial charge in [-0.15, -0.1) is 0 Å². The Hall–Kier alpha value is -3.15. The number of imide groups is 1. The third kappa shape index (κ3) is 3.05. The number of amides is 4. The highest BCUT2D eigenvalue weighted by atomic mass is 16.2. The molecule has 1 atom stereocenters. The molecule has 6 heteroatoms. The molecule has 0 saturated carbocycles. The number of hydrogen-bond donors (Lipinski definition) is 1. The minimum absolute atomic E-state index is 0.104. The average molecular weight is 377 g/mol. The fraction of sp³-hybridized carbons (Fsp3) is 0.318. The Morgan fingerprint density at radius 1 is 1.04 bits per heavy atom. The Morgan fingerprint density at radius 2 is 1.68 bits per heavy atom. The number of nitrogens with one attached hydrogen (secondary N) is 1. The number of fused-ring (bicyclic) bond motifs is 1. The van der Waals surface area contributed by atoms with Gasteiger partial charge >= 0.3 is 6.03 Å². The van der Waals surface area contributed by atoms with Gasteiger partial charge in [0.25, 0.3) is 5.91 Å².